The summed E-state index contributed by atoms with van der Waals surface area (Å²) in [6.45, 7) is 1.92. The molecular formula is C28H36N2O9S. The Bertz CT molecular complexity index is 1270. The standard InChI is InChI=1S/C28H36N2O9S/c1-18(31)26(29-28(33)39-25-17-37-27-22(25)13-14-36-27)30(16-19-7-3-2-4-8-19)40(34,35)21-11-12-23(32)24(15-21)38-20-9-5-6-10-20/h2-4,7-8,11-12,15,18,20,22,25-27,31-32H,5-6,9-10,13-14,16-17H2,1H3,(H,29,33)/t18-,22+,25+,26+,27-/m1/s1. The molecule has 5 rings (SSSR count). The highest BCUT2D eigenvalue weighted by molar-refractivity contribution is 7.89. The Morgan fingerprint density at radius 3 is 2.60 bits per heavy atom. The molecule has 3 fully saturated rings. The van der Waals surface area contributed by atoms with Gasteiger partial charge in [0.15, 0.2) is 17.8 Å². The molecule has 0 spiro atoms. The van der Waals surface area contributed by atoms with E-state index in [1.54, 1.807) is 30.3 Å². The Morgan fingerprint density at radius 2 is 1.88 bits per heavy atom. The van der Waals surface area contributed by atoms with Gasteiger partial charge in [0.2, 0.25) is 10.0 Å². The van der Waals surface area contributed by atoms with Crippen LogP contribution in [0.2, 0.25) is 0 Å². The summed E-state index contributed by atoms with van der Waals surface area (Å²) in [6, 6.07) is 12.7. The fourth-order valence-electron chi connectivity index (χ4n) is 5.44. The van der Waals surface area contributed by atoms with Crippen molar-refractivity contribution < 1.29 is 42.4 Å². The van der Waals surface area contributed by atoms with Gasteiger partial charge in [-0.15, -0.1) is 0 Å². The molecule has 2 heterocycles. The predicted octanol–water partition coefficient (Wildman–Crippen LogP) is 3.10. The normalized spacial score (nSPS) is 24.5. The van der Waals surface area contributed by atoms with Crippen molar-refractivity contribution in [1.82, 2.24) is 9.62 Å². The summed E-state index contributed by atoms with van der Waals surface area (Å²) in [7, 11) is -4.34. The van der Waals surface area contributed by atoms with Crippen LogP contribution in [0, 0.1) is 5.92 Å². The number of carbonyl (C=O) groups is 1. The molecule has 218 valence electrons. The second kappa shape index (κ2) is 12.3. The molecule has 5 atom stereocenters. The van der Waals surface area contributed by atoms with Crippen molar-refractivity contribution in [3.05, 3.63) is 54.1 Å². The molecule has 2 aromatic rings. The smallest absolute Gasteiger partial charge is 0.408 e. The average Bonchev–Trinajstić information content (AvgIpc) is 3.68. The first-order chi connectivity index (χ1) is 19.2. The van der Waals surface area contributed by atoms with Crippen molar-refractivity contribution >= 4 is 16.1 Å². The number of amides is 1. The summed E-state index contributed by atoms with van der Waals surface area (Å²) < 4.78 is 51.8. The Labute approximate surface area is 234 Å². The lowest BCUT2D eigenvalue weighted by atomic mass is 10.0. The summed E-state index contributed by atoms with van der Waals surface area (Å²) in [5, 5.41) is 23.7. The molecule has 11 nitrogen and oxygen atoms in total. The molecular weight excluding hydrogens is 540 g/mol. The van der Waals surface area contributed by atoms with Gasteiger partial charge in [-0.25, -0.2) is 13.2 Å². The zero-order valence-electron chi connectivity index (χ0n) is 22.3. The number of benzene rings is 2. The highest BCUT2D eigenvalue weighted by Crippen LogP contribution is 2.35. The lowest BCUT2D eigenvalue weighted by molar-refractivity contribution is -0.0907. The number of aliphatic hydroxyl groups excluding tert-OH is 1. The quantitative estimate of drug-likeness (QED) is 0.364. The Morgan fingerprint density at radius 1 is 1.12 bits per heavy atom. The molecule has 1 saturated carbocycles. The van der Waals surface area contributed by atoms with Crippen molar-refractivity contribution in [3.63, 3.8) is 0 Å². The molecule has 3 N–H and O–H groups in total. The van der Waals surface area contributed by atoms with E-state index in [0.29, 0.717) is 18.6 Å². The Balaban J connectivity index is 1.41. The molecule has 40 heavy (non-hydrogen) atoms. The van der Waals surface area contributed by atoms with Crippen LogP contribution in [0.15, 0.2) is 53.4 Å². The third kappa shape index (κ3) is 6.36. The number of alkyl carbamates (subject to hydrolysis) is 1. The van der Waals surface area contributed by atoms with E-state index < -0.39 is 40.8 Å². The molecule has 12 heteroatoms. The minimum Gasteiger partial charge on any atom is -0.504 e. The number of rotatable bonds is 10. The van der Waals surface area contributed by atoms with E-state index in [2.05, 4.69) is 5.32 Å². The lowest BCUT2D eigenvalue weighted by Gasteiger charge is -2.33. The first-order valence-corrected chi connectivity index (χ1v) is 15.1. The third-order valence-electron chi connectivity index (χ3n) is 7.59. The lowest BCUT2D eigenvalue weighted by Crippen LogP contribution is -2.56. The number of fused-ring (bicyclic) bond motifs is 1. The van der Waals surface area contributed by atoms with Crippen LogP contribution in [0.1, 0.15) is 44.6 Å². The summed E-state index contributed by atoms with van der Waals surface area (Å²) in [5.74, 6) is -0.194. The van der Waals surface area contributed by atoms with Crippen LogP contribution in [-0.4, -0.2) is 73.0 Å². The molecule has 2 aromatic carbocycles. The first-order valence-electron chi connectivity index (χ1n) is 13.7. The van der Waals surface area contributed by atoms with Gasteiger partial charge in [-0.2, -0.15) is 4.31 Å². The van der Waals surface area contributed by atoms with Gasteiger partial charge < -0.3 is 34.5 Å². The van der Waals surface area contributed by atoms with E-state index in [1.807, 2.05) is 0 Å². The number of sulfonamides is 1. The van der Waals surface area contributed by atoms with Gasteiger partial charge in [-0.1, -0.05) is 30.3 Å². The SMILES string of the molecule is C[C@@H](O)[C@@H](NC(=O)O[C@H]1CO[C@H]2OCC[C@H]21)N(Cc1ccccc1)S(=O)(=O)c1ccc(O)c(OC2CCCC2)c1. The molecule has 1 aliphatic carbocycles. The van der Waals surface area contributed by atoms with Gasteiger partial charge in [-0.3, -0.25) is 0 Å². The maximum Gasteiger partial charge on any atom is 0.408 e. The average molecular weight is 577 g/mol. The number of nitrogens with zero attached hydrogens (tertiary/aromatic N) is 1. The maximum absolute atomic E-state index is 14.1. The van der Waals surface area contributed by atoms with E-state index in [0.717, 1.165) is 30.0 Å². The van der Waals surface area contributed by atoms with E-state index in [4.69, 9.17) is 18.9 Å². The number of hydrogen-bond acceptors (Lipinski definition) is 9. The van der Waals surface area contributed by atoms with Crippen LogP contribution in [0.25, 0.3) is 0 Å². The molecule has 3 aliphatic rings. The second-order valence-corrected chi connectivity index (χ2v) is 12.4. The zero-order chi connectivity index (χ0) is 28.3. The second-order valence-electron chi connectivity index (χ2n) is 10.5. The minimum absolute atomic E-state index is 0.0724. The third-order valence-corrected chi connectivity index (χ3v) is 9.41. The highest BCUT2D eigenvalue weighted by atomic mass is 32.2. The van der Waals surface area contributed by atoms with Gasteiger partial charge in [0.1, 0.15) is 12.3 Å². The summed E-state index contributed by atoms with van der Waals surface area (Å²) in [5.41, 5.74) is 0.642. The molecule has 2 saturated heterocycles. The number of carbonyl (C=O) groups excluding carboxylic acids is 1. The Kier molecular flexibility index (Phi) is 8.81. The van der Waals surface area contributed by atoms with E-state index in [9.17, 15) is 23.4 Å². The van der Waals surface area contributed by atoms with Gasteiger partial charge in [-0.05, 0) is 56.7 Å². The van der Waals surface area contributed by atoms with Crippen LogP contribution in [0.4, 0.5) is 4.79 Å². The van der Waals surface area contributed by atoms with Crippen molar-refractivity contribution in [1.29, 1.82) is 0 Å². The van der Waals surface area contributed by atoms with Crippen LogP contribution < -0.4 is 10.1 Å². The number of ether oxygens (including phenoxy) is 4. The molecule has 0 radical (unpaired) electrons. The topological polar surface area (TPSA) is 144 Å². The van der Waals surface area contributed by atoms with Gasteiger partial charge in [0, 0.05) is 12.6 Å². The molecule has 0 aromatic heterocycles. The van der Waals surface area contributed by atoms with Gasteiger partial charge in [0.25, 0.3) is 0 Å². The predicted molar refractivity (Wildman–Crippen MR) is 143 cm³/mol. The number of hydrogen-bond donors (Lipinski definition) is 3. The van der Waals surface area contributed by atoms with Crippen molar-refractivity contribution in [2.24, 2.45) is 5.92 Å². The monoisotopic (exact) mass is 576 g/mol. The summed E-state index contributed by atoms with van der Waals surface area (Å²) in [4.78, 5) is 12.9. The largest absolute Gasteiger partial charge is 0.504 e. The fraction of sp³-hybridized carbons (Fsp3) is 0.536. The zero-order valence-corrected chi connectivity index (χ0v) is 23.2. The van der Waals surface area contributed by atoms with Crippen LogP contribution in [0.3, 0.4) is 0 Å². The van der Waals surface area contributed by atoms with Crippen LogP contribution in [0.5, 0.6) is 11.5 Å². The number of aliphatic hydroxyl groups is 1. The molecule has 0 unspecified atom stereocenters. The van der Waals surface area contributed by atoms with Gasteiger partial charge in [0.05, 0.1) is 36.2 Å². The number of nitrogens with one attached hydrogen (secondary N) is 1. The van der Waals surface area contributed by atoms with Crippen molar-refractivity contribution in [2.75, 3.05) is 13.2 Å². The number of phenolic OH excluding ortho intramolecular Hbond substituents is 1. The number of phenols is 1. The van der Waals surface area contributed by atoms with Gasteiger partial charge >= 0.3 is 6.09 Å². The fourth-order valence-corrected chi connectivity index (χ4v) is 7.05. The molecule has 2 aliphatic heterocycles. The molecule has 0 bridgehead atoms. The minimum atomic E-state index is -4.34. The van der Waals surface area contributed by atoms with Crippen molar-refractivity contribution in [3.8, 4) is 11.5 Å². The molecule has 1 amide bonds. The van der Waals surface area contributed by atoms with E-state index in [-0.39, 0.29) is 41.6 Å². The Hall–Kier alpha value is -2.90. The summed E-state index contributed by atoms with van der Waals surface area (Å²) >= 11 is 0. The van der Waals surface area contributed by atoms with E-state index >= 15 is 0 Å². The van der Waals surface area contributed by atoms with Crippen molar-refractivity contribution in [2.45, 2.75) is 81.2 Å². The van der Waals surface area contributed by atoms with Crippen LogP contribution in [-0.2, 0) is 30.8 Å². The van der Waals surface area contributed by atoms with E-state index in [1.165, 1.54) is 25.1 Å². The maximum atomic E-state index is 14.1. The number of aromatic hydroxyl groups is 1. The van der Waals surface area contributed by atoms with Crippen LogP contribution >= 0.6 is 0 Å². The summed E-state index contributed by atoms with van der Waals surface area (Å²) in [6.07, 6.45) is -0.276. The highest BCUT2D eigenvalue weighted by Gasteiger charge is 2.44. The first kappa shape index (κ1) is 28.6.